The fourth-order valence-electron chi connectivity index (χ4n) is 3.93. The number of nitrogens with zero attached hydrogens (tertiary/aromatic N) is 2. The van der Waals surface area contributed by atoms with Gasteiger partial charge in [0, 0.05) is 50.7 Å². The minimum absolute atomic E-state index is 0.0879. The summed E-state index contributed by atoms with van der Waals surface area (Å²) in [4.78, 5) is 30.0. The smallest absolute Gasteiger partial charge is 0.240 e. The molecule has 0 radical (unpaired) electrons. The quantitative estimate of drug-likeness (QED) is 0.724. The summed E-state index contributed by atoms with van der Waals surface area (Å²) in [6, 6.07) is 7.92. The van der Waals surface area contributed by atoms with E-state index in [4.69, 9.17) is 4.74 Å². The lowest BCUT2D eigenvalue weighted by Gasteiger charge is -2.34. The molecule has 1 saturated carbocycles. The van der Waals surface area contributed by atoms with E-state index in [-0.39, 0.29) is 17.9 Å². The number of likely N-dealkylation sites (N-methyl/N-ethyl adjacent to an activating group) is 1. The molecule has 1 aromatic rings. The van der Waals surface area contributed by atoms with E-state index in [2.05, 4.69) is 27.5 Å². The Labute approximate surface area is 166 Å². The van der Waals surface area contributed by atoms with Gasteiger partial charge in [-0.3, -0.25) is 9.59 Å². The van der Waals surface area contributed by atoms with Crippen LogP contribution in [0.5, 0.6) is 0 Å². The first kappa shape index (κ1) is 19.2. The molecule has 0 spiro atoms. The second-order valence-corrected chi connectivity index (χ2v) is 8.22. The third kappa shape index (κ3) is 4.15. The molecule has 152 valence electrons. The first-order valence-electron chi connectivity index (χ1n) is 10.3. The van der Waals surface area contributed by atoms with Gasteiger partial charge in [-0.2, -0.15) is 0 Å². The highest BCUT2D eigenvalue weighted by molar-refractivity contribution is 6.13. The zero-order valence-electron chi connectivity index (χ0n) is 16.6. The minimum Gasteiger partial charge on any atom is -0.376 e. The molecule has 4 rings (SSSR count). The molecule has 7 nitrogen and oxygen atoms in total. The molecule has 1 atom stereocenters. The van der Waals surface area contributed by atoms with Gasteiger partial charge in [0.05, 0.1) is 6.10 Å². The summed E-state index contributed by atoms with van der Waals surface area (Å²) < 4.78 is 5.54. The number of carbonyl (C=O) groups excluding carboxylic acids is 2. The number of rotatable bonds is 6. The lowest BCUT2D eigenvalue weighted by molar-refractivity contribution is -0.134. The van der Waals surface area contributed by atoms with Gasteiger partial charge in [-0.25, -0.2) is 0 Å². The second kappa shape index (κ2) is 8.09. The number of nitrogens with one attached hydrogen (secondary N) is 2. The van der Waals surface area contributed by atoms with Crippen LogP contribution in [0.2, 0.25) is 0 Å². The third-order valence-electron chi connectivity index (χ3n) is 6.13. The van der Waals surface area contributed by atoms with Crippen molar-refractivity contribution in [2.75, 3.05) is 56.6 Å². The van der Waals surface area contributed by atoms with Gasteiger partial charge in [-0.15, -0.1) is 0 Å². The minimum atomic E-state index is -0.908. The third-order valence-corrected chi connectivity index (χ3v) is 6.13. The van der Waals surface area contributed by atoms with Crippen molar-refractivity contribution in [2.45, 2.75) is 31.8 Å². The molecule has 3 aliphatic rings. The molecule has 2 aliphatic heterocycles. The topological polar surface area (TPSA) is 73.9 Å². The highest BCUT2D eigenvalue weighted by atomic mass is 16.5. The van der Waals surface area contributed by atoms with Gasteiger partial charge in [0.15, 0.2) is 0 Å². The molecule has 1 unspecified atom stereocenters. The van der Waals surface area contributed by atoms with E-state index in [1.807, 2.05) is 24.3 Å². The number of benzene rings is 1. The Bertz CT molecular complexity index is 703. The van der Waals surface area contributed by atoms with Crippen molar-refractivity contribution >= 4 is 23.2 Å². The number of ether oxygens (including phenoxy) is 1. The Hall–Kier alpha value is -2.12. The number of piperazine rings is 1. The van der Waals surface area contributed by atoms with Crippen LogP contribution in [0.25, 0.3) is 0 Å². The van der Waals surface area contributed by atoms with E-state index in [1.165, 1.54) is 5.69 Å². The molecule has 0 bridgehead atoms. The van der Waals surface area contributed by atoms with Crippen LogP contribution >= 0.6 is 0 Å². The maximum atomic E-state index is 12.7. The summed E-state index contributed by atoms with van der Waals surface area (Å²) in [7, 11) is 2.14. The molecule has 2 N–H and O–H groups in total. The first-order chi connectivity index (χ1) is 13.6. The van der Waals surface area contributed by atoms with Crippen molar-refractivity contribution in [2.24, 2.45) is 5.41 Å². The Morgan fingerprint density at radius 3 is 2.43 bits per heavy atom. The summed E-state index contributed by atoms with van der Waals surface area (Å²) in [5, 5.41) is 5.85. The number of hydrogen-bond donors (Lipinski definition) is 2. The summed E-state index contributed by atoms with van der Waals surface area (Å²) in [6.07, 6.45) is 3.31. The lowest BCUT2D eigenvalue weighted by atomic mass is 10.0. The molecule has 3 fully saturated rings. The van der Waals surface area contributed by atoms with Crippen molar-refractivity contribution in [3.8, 4) is 0 Å². The Morgan fingerprint density at radius 2 is 1.82 bits per heavy atom. The highest BCUT2D eigenvalue weighted by Gasteiger charge is 2.56. The fourth-order valence-corrected chi connectivity index (χ4v) is 3.93. The van der Waals surface area contributed by atoms with Gasteiger partial charge in [-0.1, -0.05) is 0 Å². The molecule has 2 heterocycles. The van der Waals surface area contributed by atoms with Crippen LogP contribution in [-0.4, -0.2) is 69.2 Å². The molecule has 7 heteroatoms. The van der Waals surface area contributed by atoms with Crippen molar-refractivity contribution in [1.82, 2.24) is 10.2 Å². The summed E-state index contributed by atoms with van der Waals surface area (Å²) >= 11 is 0. The number of anilines is 2. The van der Waals surface area contributed by atoms with Crippen LogP contribution in [0.1, 0.15) is 25.7 Å². The van der Waals surface area contributed by atoms with Crippen LogP contribution in [0.15, 0.2) is 24.3 Å². The molecule has 0 aromatic heterocycles. The van der Waals surface area contributed by atoms with Gasteiger partial charge in [0.25, 0.3) is 0 Å². The predicted molar refractivity (Wildman–Crippen MR) is 108 cm³/mol. The van der Waals surface area contributed by atoms with Crippen LogP contribution in [-0.2, 0) is 14.3 Å². The van der Waals surface area contributed by atoms with Crippen molar-refractivity contribution in [3.05, 3.63) is 24.3 Å². The summed E-state index contributed by atoms with van der Waals surface area (Å²) in [6.45, 7) is 5.39. The van der Waals surface area contributed by atoms with Crippen LogP contribution in [0, 0.1) is 5.41 Å². The molecule has 28 heavy (non-hydrogen) atoms. The number of amides is 2. The maximum Gasteiger partial charge on any atom is 0.240 e. The van der Waals surface area contributed by atoms with Crippen molar-refractivity contribution in [1.29, 1.82) is 0 Å². The van der Waals surface area contributed by atoms with E-state index in [9.17, 15) is 9.59 Å². The van der Waals surface area contributed by atoms with Crippen molar-refractivity contribution in [3.63, 3.8) is 0 Å². The van der Waals surface area contributed by atoms with E-state index < -0.39 is 5.41 Å². The molecule has 2 saturated heterocycles. The second-order valence-electron chi connectivity index (χ2n) is 8.22. The van der Waals surface area contributed by atoms with E-state index >= 15 is 0 Å². The Balaban J connectivity index is 1.30. The molecular formula is C21H30N4O3. The van der Waals surface area contributed by atoms with Gasteiger partial charge in [0.2, 0.25) is 11.8 Å². The monoisotopic (exact) mass is 386 g/mol. The number of carbonyl (C=O) groups is 2. The average molecular weight is 386 g/mol. The van der Waals surface area contributed by atoms with Gasteiger partial charge < -0.3 is 25.2 Å². The zero-order chi connectivity index (χ0) is 19.6. The van der Waals surface area contributed by atoms with Crippen LogP contribution in [0.4, 0.5) is 11.4 Å². The predicted octanol–water partition coefficient (Wildman–Crippen LogP) is 1.45. The van der Waals surface area contributed by atoms with E-state index in [0.29, 0.717) is 19.4 Å². The van der Waals surface area contributed by atoms with Gasteiger partial charge >= 0.3 is 0 Å². The molecular weight excluding hydrogens is 356 g/mol. The fraction of sp³-hybridized carbons (Fsp3) is 0.619. The summed E-state index contributed by atoms with van der Waals surface area (Å²) in [5.41, 5.74) is 0.997. The largest absolute Gasteiger partial charge is 0.376 e. The maximum absolute atomic E-state index is 12.7. The van der Waals surface area contributed by atoms with Crippen molar-refractivity contribution < 1.29 is 14.3 Å². The molecule has 1 aromatic carbocycles. The van der Waals surface area contributed by atoms with Crippen LogP contribution in [0.3, 0.4) is 0 Å². The Morgan fingerprint density at radius 1 is 1.11 bits per heavy atom. The van der Waals surface area contributed by atoms with Crippen LogP contribution < -0.4 is 15.5 Å². The highest BCUT2D eigenvalue weighted by Crippen LogP contribution is 2.47. The Kier molecular flexibility index (Phi) is 5.55. The van der Waals surface area contributed by atoms with E-state index in [1.54, 1.807) is 0 Å². The SMILES string of the molecule is CN1CCN(c2ccc(NC(=O)C3(C(=O)NCC4CCCO4)CC3)cc2)CC1. The average Bonchev–Trinajstić information content (AvgIpc) is 3.37. The summed E-state index contributed by atoms with van der Waals surface area (Å²) in [5.74, 6) is -0.376. The molecule has 1 aliphatic carbocycles. The number of hydrogen-bond acceptors (Lipinski definition) is 5. The van der Waals surface area contributed by atoms with Gasteiger partial charge in [0.1, 0.15) is 5.41 Å². The first-order valence-corrected chi connectivity index (χ1v) is 10.3. The lowest BCUT2D eigenvalue weighted by Crippen LogP contribution is -2.44. The zero-order valence-corrected chi connectivity index (χ0v) is 16.6. The molecule has 2 amide bonds. The van der Waals surface area contributed by atoms with E-state index in [0.717, 1.165) is 51.3 Å². The normalized spacial score (nSPS) is 24.0. The standard InChI is InChI=1S/C21H30N4O3/c1-24-10-12-25(13-11-24)17-6-4-16(5-7-17)23-20(27)21(8-9-21)19(26)22-15-18-3-2-14-28-18/h4-7,18H,2-3,8-15H2,1H3,(H,22,26)(H,23,27). The van der Waals surface area contributed by atoms with Gasteiger partial charge in [-0.05, 0) is 57.0 Å².